The molecule has 0 saturated heterocycles. The van der Waals surface area contributed by atoms with Gasteiger partial charge in [0, 0.05) is 24.8 Å². The number of carbonyl (C=O) groups excluding carboxylic acids is 3. The first-order valence-corrected chi connectivity index (χ1v) is 3.11. The van der Waals surface area contributed by atoms with Crippen LogP contribution in [0.15, 0.2) is 0 Å². The fourth-order valence-corrected chi connectivity index (χ4v) is 0.684. The zero-order valence-corrected chi connectivity index (χ0v) is 11.3. The summed E-state index contributed by atoms with van der Waals surface area (Å²) in [5.41, 5.74) is -2.97. The summed E-state index contributed by atoms with van der Waals surface area (Å²) in [6.07, 6.45) is -2.72. The molecule has 0 spiro atoms. The topological polar surface area (TPSA) is 214 Å². The molecule has 10 heteroatoms. The summed E-state index contributed by atoms with van der Waals surface area (Å²) >= 11 is 0. The normalized spacial score (nSPS) is 8.81. The van der Waals surface area contributed by atoms with Gasteiger partial charge in [-0.15, -0.1) is 0 Å². The molecule has 0 amide bonds. The predicted molar refractivity (Wildman–Crippen MR) is 41.2 cm³/mol. The molecule has 9 nitrogen and oxygen atoms in total. The second-order valence-corrected chi connectivity index (χ2v) is 2.42. The number of carboxylic acids is 3. The summed E-state index contributed by atoms with van der Waals surface area (Å²) in [7, 11) is 0. The fraction of sp³-hybridized carbons (Fsp3) is 0.500. The Morgan fingerprint density at radius 3 is 1.31 bits per heavy atom. The second-order valence-electron chi connectivity index (χ2n) is 2.42. The van der Waals surface area contributed by atoms with E-state index in [0.29, 0.717) is 0 Å². The van der Waals surface area contributed by atoms with Crippen molar-refractivity contribution in [1.29, 1.82) is 0 Å². The molecule has 0 radical (unpaired) electrons. The maximum Gasteiger partial charge on any atom is 1.00 e. The van der Waals surface area contributed by atoms with Gasteiger partial charge in [-0.05, 0) is 0 Å². The average Bonchev–Trinajstić information content (AvgIpc) is 1.82. The first kappa shape index (κ1) is 24.5. The van der Waals surface area contributed by atoms with Crippen molar-refractivity contribution in [3.8, 4) is 0 Å². The largest absolute Gasteiger partial charge is 1.00 e. The van der Waals surface area contributed by atoms with Crippen molar-refractivity contribution in [3.63, 3.8) is 0 Å². The molecule has 0 rings (SSSR count). The van der Waals surface area contributed by atoms with E-state index in [1.165, 1.54) is 0 Å². The van der Waals surface area contributed by atoms with E-state index in [1.807, 2.05) is 0 Å². The standard InChI is InChI=1S/C6H8O7.2H3N.Na/c7-3(8)1-6(13,5(11)12)2-4(9)10;;;/h13H,1-2H2,(H,7,8)(H,9,10)(H,11,12);2*1H3;/q;;;+1/p-1. The van der Waals surface area contributed by atoms with Crippen LogP contribution in [0.25, 0.3) is 0 Å². The smallest absolute Gasteiger partial charge is 0.550 e. The van der Waals surface area contributed by atoms with Crippen LogP contribution in [-0.2, 0) is 14.4 Å². The Morgan fingerprint density at radius 1 is 0.938 bits per heavy atom. The third-order valence-corrected chi connectivity index (χ3v) is 1.25. The molecule has 0 saturated carbocycles. The van der Waals surface area contributed by atoms with Gasteiger partial charge in [0.15, 0.2) is 0 Å². The van der Waals surface area contributed by atoms with Gasteiger partial charge >= 0.3 is 29.6 Å². The first-order chi connectivity index (χ1) is 5.78. The maximum atomic E-state index is 10.1. The molecule has 0 aliphatic heterocycles. The number of rotatable bonds is 5. The van der Waals surface area contributed by atoms with Crippen LogP contribution in [0.2, 0.25) is 0 Å². The molecular formula is C6H13N2NaO7. The third-order valence-electron chi connectivity index (χ3n) is 1.25. The quantitative estimate of drug-likeness (QED) is 0.399. The molecule has 0 aliphatic carbocycles. The van der Waals surface area contributed by atoms with Crippen molar-refractivity contribution in [1.82, 2.24) is 12.3 Å². The van der Waals surface area contributed by atoms with Crippen LogP contribution in [0, 0.1) is 0 Å². The van der Waals surface area contributed by atoms with E-state index in [2.05, 4.69) is 0 Å². The molecule has 0 aromatic carbocycles. The minimum absolute atomic E-state index is 0. The molecular weight excluding hydrogens is 235 g/mol. The monoisotopic (exact) mass is 248 g/mol. The Labute approximate surface area is 113 Å². The number of aliphatic hydroxyl groups is 1. The van der Waals surface area contributed by atoms with Crippen LogP contribution in [0.5, 0.6) is 0 Å². The van der Waals surface area contributed by atoms with Crippen molar-refractivity contribution in [3.05, 3.63) is 0 Å². The van der Waals surface area contributed by atoms with E-state index >= 15 is 0 Å². The van der Waals surface area contributed by atoms with Gasteiger partial charge in [-0.25, -0.2) is 0 Å². The van der Waals surface area contributed by atoms with E-state index in [1.54, 1.807) is 0 Å². The Kier molecular flexibility index (Phi) is 14.6. The van der Waals surface area contributed by atoms with Gasteiger partial charge in [0.1, 0.15) is 5.60 Å². The fourth-order valence-electron chi connectivity index (χ4n) is 0.684. The summed E-state index contributed by atoms with van der Waals surface area (Å²) in [5, 5.41) is 38.9. The van der Waals surface area contributed by atoms with Crippen molar-refractivity contribution >= 4 is 17.9 Å². The van der Waals surface area contributed by atoms with Crippen molar-refractivity contribution in [2.75, 3.05) is 0 Å². The average molecular weight is 248 g/mol. The zero-order chi connectivity index (χ0) is 10.6. The van der Waals surface area contributed by atoms with E-state index in [0.717, 1.165) is 0 Å². The second kappa shape index (κ2) is 9.51. The van der Waals surface area contributed by atoms with Crippen molar-refractivity contribution in [2.24, 2.45) is 0 Å². The van der Waals surface area contributed by atoms with Gasteiger partial charge in [-0.1, -0.05) is 0 Å². The maximum absolute atomic E-state index is 10.1. The van der Waals surface area contributed by atoms with Crippen LogP contribution >= 0.6 is 0 Å². The van der Waals surface area contributed by atoms with Gasteiger partial charge in [0.05, 0.1) is 5.97 Å². The molecule has 0 fully saturated rings. The number of quaternary nitrogens is 2. The number of carboxylic acid groups (broad SMARTS) is 3. The number of hydrogen-bond acceptors (Lipinski definition) is 7. The number of carbonyl (C=O) groups is 3. The van der Waals surface area contributed by atoms with E-state index in [9.17, 15) is 29.7 Å². The molecule has 9 N–H and O–H groups in total. The Balaban J connectivity index is -0.000000240. The molecule has 90 valence electrons. The van der Waals surface area contributed by atoms with Gasteiger partial charge in [-0.3, -0.25) is 0 Å². The SMILES string of the molecule is O=C([O-])CC(O)(CC(=O)[O-])C(=O)[O-].[NH4+].[NH4+].[Na+]. The zero-order valence-electron chi connectivity index (χ0n) is 9.31. The van der Waals surface area contributed by atoms with Crippen LogP contribution in [0.1, 0.15) is 12.8 Å². The summed E-state index contributed by atoms with van der Waals surface area (Å²) in [6, 6.07) is 0. The van der Waals surface area contributed by atoms with Crippen LogP contribution in [0.3, 0.4) is 0 Å². The van der Waals surface area contributed by atoms with Gasteiger partial charge in [0.25, 0.3) is 0 Å². The van der Waals surface area contributed by atoms with E-state index < -0.39 is 36.4 Å². The summed E-state index contributed by atoms with van der Waals surface area (Å²) < 4.78 is 0. The Hall–Kier alpha value is -0.710. The van der Waals surface area contributed by atoms with Gasteiger partial charge in [-0.2, -0.15) is 0 Å². The van der Waals surface area contributed by atoms with Gasteiger partial charge in [0.2, 0.25) is 0 Å². The van der Waals surface area contributed by atoms with Crippen LogP contribution < -0.4 is 57.2 Å². The summed E-state index contributed by atoms with van der Waals surface area (Å²) in [5.74, 6) is -5.98. The third kappa shape index (κ3) is 8.59. The van der Waals surface area contributed by atoms with Gasteiger partial charge < -0.3 is 47.1 Å². The molecule has 0 unspecified atom stereocenters. The summed E-state index contributed by atoms with van der Waals surface area (Å²) in [6.45, 7) is 0. The molecule has 0 bridgehead atoms. The molecule has 0 aliphatic rings. The number of hydrogen-bond donors (Lipinski definition) is 3. The van der Waals surface area contributed by atoms with E-state index in [-0.39, 0.29) is 41.9 Å². The number of aliphatic carboxylic acids is 3. The van der Waals surface area contributed by atoms with Crippen molar-refractivity contribution in [2.45, 2.75) is 18.4 Å². The van der Waals surface area contributed by atoms with Crippen LogP contribution in [0.4, 0.5) is 0 Å². The molecule has 0 aromatic heterocycles. The Morgan fingerprint density at radius 2 is 1.19 bits per heavy atom. The van der Waals surface area contributed by atoms with E-state index in [4.69, 9.17) is 5.11 Å². The first-order valence-electron chi connectivity index (χ1n) is 3.11. The minimum atomic E-state index is -2.97. The Bertz CT molecular complexity index is 241. The van der Waals surface area contributed by atoms with Crippen molar-refractivity contribution < 1.29 is 64.4 Å². The summed E-state index contributed by atoms with van der Waals surface area (Å²) in [4.78, 5) is 30.0. The molecule has 0 heterocycles. The molecule has 0 aromatic rings. The minimum Gasteiger partial charge on any atom is -0.550 e. The predicted octanol–water partition coefficient (Wildman–Crippen LogP) is -7.50. The molecule has 0 atom stereocenters. The van der Waals surface area contributed by atoms with Crippen LogP contribution in [-0.4, -0.2) is 28.6 Å². The molecule has 16 heavy (non-hydrogen) atoms.